The van der Waals surface area contributed by atoms with E-state index in [0.29, 0.717) is 18.8 Å². The van der Waals surface area contributed by atoms with E-state index >= 15 is 0 Å². The van der Waals surface area contributed by atoms with Gasteiger partial charge in [-0.1, -0.05) is 32.6 Å². The molecule has 4 heteroatoms. The van der Waals surface area contributed by atoms with Crippen LogP contribution in [0.25, 0.3) is 0 Å². The Hall–Kier alpha value is -1.86. The molecular weight excluding hydrogens is 226 g/mol. The Morgan fingerprint density at radius 2 is 2.17 bits per heavy atom. The first-order valence-electron chi connectivity index (χ1n) is 5.85. The molecule has 18 heavy (non-hydrogen) atoms. The summed E-state index contributed by atoms with van der Waals surface area (Å²) < 4.78 is 0. The second kappa shape index (κ2) is 6.18. The van der Waals surface area contributed by atoms with Crippen molar-refractivity contribution in [2.75, 3.05) is 13.1 Å². The minimum absolute atomic E-state index is 0.0577. The maximum absolute atomic E-state index is 11.8. The van der Waals surface area contributed by atoms with Gasteiger partial charge in [-0.3, -0.25) is 4.79 Å². The molecule has 0 aromatic carbocycles. The van der Waals surface area contributed by atoms with Crippen LogP contribution < -0.4 is 11.1 Å². The molecule has 0 bridgehead atoms. The average molecular weight is 245 g/mol. The molecule has 1 heterocycles. The van der Waals surface area contributed by atoms with E-state index in [4.69, 9.17) is 5.73 Å². The number of nitrogens with two attached hydrogens (primary N) is 1. The topological polar surface area (TPSA) is 68.0 Å². The van der Waals surface area contributed by atoms with Crippen molar-refractivity contribution in [1.82, 2.24) is 10.3 Å². The van der Waals surface area contributed by atoms with Crippen molar-refractivity contribution in [3.05, 3.63) is 29.6 Å². The van der Waals surface area contributed by atoms with Gasteiger partial charge in [-0.25, -0.2) is 4.98 Å². The standard InChI is InChI=1S/C14H19N3O/c1-14(2,3)10-17-13(18)12-7-6-11(9-16-12)5-4-8-15/h6-7,9H,8,10,15H2,1-3H3,(H,17,18). The SMILES string of the molecule is CC(C)(C)CNC(=O)c1ccc(C#CCN)cn1. The van der Waals surface area contributed by atoms with Crippen molar-refractivity contribution >= 4 is 5.91 Å². The maximum atomic E-state index is 11.8. The van der Waals surface area contributed by atoms with Crippen LogP contribution in [0.5, 0.6) is 0 Å². The van der Waals surface area contributed by atoms with E-state index in [-0.39, 0.29) is 11.3 Å². The van der Waals surface area contributed by atoms with E-state index < -0.39 is 0 Å². The maximum Gasteiger partial charge on any atom is 0.269 e. The van der Waals surface area contributed by atoms with Gasteiger partial charge in [0.2, 0.25) is 0 Å². The van der Waals surface area contributed by atoms with Crippen LogP contribution in [-0.2, 0) is 0 Å². The van der Waals surface area contributed by atoms with Gasteiger partial charge in [0.05, 0.1) is 6.54 Å². The fraction of sp³-hybridized carbons (Fsp3) is 0.429. The number of hydrogen-bond donors (Lipinski definition) is 2. The van der Waals surface area contributed by atoms with Crippen LogP contribution in [0.2, 0.25) is 0 Å². The van der Waals surface area contributed by atoms with Gasteiger partial charge in [-0.15, -0.1) is 0 Å². The first-order valence-corrected chi connectivity index (χ1v) is 5.85. The van der Waals surface area contributed by atoms with Crippen LogP contribution in [0.15, 0.2) is 18.3 Å². The summed E-state index contributed by atoms with van der Waals surface area (Å²) in [6.07, 6.45) is 1.58. The van der Waals surface area contributed by atoms with Crippen LogP contribution in [-0.4, -0.2) is 24.0 Å². The Labute approximate surface area is 108 Å². The number of carbonyl (C=O) groups is 1. The third-order valence-electron chi connectivity index (χ3n) is 2.11. The summed E-state index contributed by atoms with van der Waals surface area (Å²) in [6.45, 7) is 7.11. The molecule has 0 aliphatic rings. The number of aromatic nitrogens is 1. The molecule has 0 aliphatic carbocycles. The van der Waals surface area contributed by atoms with Crippen molar-refractivity contribution in [2.24, 2.45) is 11.1 Å². The van der Waals surface area contributed by atoms with E-state index in [0.717, 1.165) is 5.56 Å². The first kappa shape index (κ1) is 14.2. The van der Waals surface area contributed by atoms with Gasteiger partial charge in [-0.2, -0.15) is 0 Å². The van der Waals surface area contributed by atoms with Crippen LogP contribution in [0.4, 0.5) is 0 Å². The number of amides is 1. The van der Waals surface area contributed by atoms with E-state index in [9.17, 15) is 4.79 Å². The van der Waals surface area contributed by atoms with Gasteiger partial charge in [-0.05, 0) is 17.5 Å². The summed E-state index contributed by atoms with van der Waals surface area (Å²) in [5, 5.41) is 2.84. The predicted molar refractivity (Wildman–Crippen MR) is 72.0 cm³/mol. The van der Waals surface area contributed by atoms with Gasteiger partial charge in [0.25, 0.3) is 5.91 Å². The van der Waals surface area contributed by atoms with Crippen LogP contribution >= 0.6 is 0 Å². The molecule has 0 fully saturated rings. The smallest absolute Gasteiger partial charge is 0.269 e. The summed E-state index contributed by atoms with van der Waals surface area (Å²) >= 11 is 0. The Bertz CT molecular complexity index is 461. The number of nitrogens with one attached hydrogen (secondary N) is 1. The van der Waals surface area contributed by atoms with E-state index in [1.165, 1.54) is 0 Å². The molecule has 1 aromatic rings. The number of rotatable bonds is 2. The molecule has 0 spiro atoms. The molecule has 0 saturated carbocycles. The van der Waals surface area contributed by atoms with Crippen molar-refractivity contribution in [1.29, 1.82) is 0 Å². The highest BCUT2D eigenvalue weighted by molar-refractivity contribution is 5.92. The Kier molecular flexibility index (Phi) is 4.87. The molecule has 0 radical (unpaired) electrons. The first-order chi connectivity index (χ1) is 8.42. The third kappa shape index (κ3) is 4.98. The lowest BCUT2D eigenvalue weighted by atomic mass is 9.97. The Morgan fingerprint density at radius 1 is 1.44 bits per heavy atom. The zero-order valence-electron chi connectivity index (χ0n) is 11.1. The van der Waals surface area contributed by atoms with Gasteiger partial charge in [0, 0.05) is 18.3 Å². The summed E-state index contributed by atoms with van der Waals surface area (Å²) in [5.41, 5.74) is 6.49. The monoisotopic (exact) mass is 245 g/mol. The minimum atomic E-state index is -0.164. The molecular formula is C14H19N3O. The summed E-state index contributed by atoms with van der Waals surface area (Å²) in [7, 11) is 0. The lowest BCUT2D eigenvalue weighted by molar-refractivity contribution is 0.0934. The number of pyridine rings is 1. The van der Waals surface area contributed by atoms with Gasteiger partial charge < -0.3 is 11.1 Å². The summed E-state index contributed by atoms with van der Waals surface area (Å²) in [4.78, 5) is 15.9. The Balaban J connectivity index is 2.65. The van der Waals surface area contributed by atoms with Crippen molar-refractivity contribution < 1.29 is 4.79 Å². The molecule has 96 valence electrons. The van der Waals surface area contributed by atoms with E-state index in [2.05, 4.69) is 42.9 Å². The van der Waals surface area contributed by atoms with E-state index in [1.54, 1.807) is 18.3 Å². The lowest BCUT2D eigenvalue weighted by Gasteiger charge is -2.18. The second-order valence-electron chi connectivity index (χ2n) is 5.18. The molecule has 0 saturated heterocycles. The van der Waals surface area contributed by atoms with Gasteiger partial charge >= 0.3 is 0 Å². The molecule has 4 nitrogen and oxygen atoms in total. The average Bonchev–Trinajstić information content (AvgIpc) is 2.33. The molecule has 0 aliphatic heterocycles. The van der Waals surface area contributed by atoms with Crippen molar-refractivity contribution in [3.63, 3.8) is 0 Å². The molecule has 1 amide bonds. The quantitative estimate of drug-likeness (QED) is 0.768. The number of carbonyl (C=O) groups excluding carboxylic acids is 1. The molecule has 0 atom stereocenters. The highest BCUT2D eigenvalue weighted by Crippen LogP contribution is 2.10. The fourth-order valence-corrected chi connectivity index (χ4v) is 1.19. The van der Waals surface area contributed by atoms with Crippen LogP contribution in [0, 0.1) is 17.3 Å². The third-order valence-corrected chi connectivity index (χ3v) is 2.11. The summed E-state index contributed by atoms with van der Waals surface area (Å²) in [6, 6.07) is 3.43. The molecule has 3 N–H and O–H groups in total. The predicted octanol–water partition coefficient (Wildman–Crippen LogP) is 1.17. The van der Waals surface area contributed by atoms with Crippen molar-refractivity contribution in [3.8, 4) is 11.8 Å². The molecule has 1 aromatic heterocycles. The highest BCUT2D eigenvalue weighted by atomic mass is 16.1. The zero-order valence-corrected chi connectivity index (χ0v) is 11.1. The molecule has 0 unspecified atom stereocenters. The number of nitrogens with zero attached hydrogens (tertiary/aromatic N) is 1. The van der Waals surface area contributed by atoms with Gasteiger partial charge in [0.1, 0.15) is 5.69 Å². The summed E-state index contributed by atoms with van der Waals surface area (Å²) in [5.74, 6) is 5.43. The number of hydrogen-bond acceptors (Lipinski definition) is 3. The van der Waals surface area contributed by atoms with Crippen molar-refractivity contribution in [2.45, 2.75) is 20.8 Å². The normalized spacial score (nSPS) is 10.4. The van der Waals surface area contributed by atoms with Crippen LogP contribution in [0.1, 0.15) is 36.8 Å². The highest BCUT2D eigenvalue weighted by Gasteiger charge is 2.13. The van der Waals surface area contributed by atoms with Crippen LogP contribution in [0.3, 0.4) is 0 Å². The largest absolute Gasteiger partial charge is 0.350 e. The second-order valence-corrected chi connectivity index (χ2v) is 5.18. The zero-order chi connectivity index (χ0) is 13.6. The lowest BCUT2D eigenvalue weighted by Crippen LogP contribution is -2.32. The fourth-order valence-electron chi connectivity index (χ4n) is 1.19. The Morgan fingerprint density at radius 3 is 2.67 bits per heavy atom. The van der Waals surface area contributed by atoms with Gasteiger partial charge in [0.15, 0.2) is 0 Å². The minimum Gasteiger partial charge on any atom is -0.350 e. The van der Waals surface area contributed by atoms with E-state index in [1.807, 2.05) is 0 Å². The molecule has 1 rings (SSSR count).